The van der Waals surface area contributed by atoms with Crippen molar-refractivity contribution >= 4 is 43.1 Å². The van der Waals surface area contributed by atoms with E-state index in [-0.39, 0.29) is 0 Å². The highest BCUT2D eigenvalue weighted by atomic mass is 14.4. The van der Waals surface area contributed by atoms with Crippen LogP contribution in [0.4, 0.5) is 0 Å². The molecule has 0 bridgehead atoms. The molecule has 0 aliphatic rings. The van der Waals surface area contributed by atoms with Crippen molar-refractivity contribution in [1.29, 1.82) is 0 Å². The summed E-state index contributed by atoms with van der Waals surface area (Å²) >= 11 is 0. The summed E-state index contributed by atoms with van der Waals surface area (Å²) in [5.74, 6) is 0. The summed E-state index contributed by atoms with van der Waals surface area (Å²) < 4.78 is 0. The van der Waals surface area contributed by atoms with Gasteiger partial charge in [-0.05, 0) is 213 Å². The number of hydrogen-bond donors (Lipinski definition) is 8. The Morgan fingerprint density at radius 3 is 0.600 bits per heavy atom. The predicted octanol–water partition coefficient (Wildman–Crippen LogP) is 29.5. The highest BCUT2D eigenvalue weighted by molar-refractivity contribution is 6.07. The molecule has 0 aromatic heterocycles. The van der Waals surface area contributed by atoms with Crippen LogP contribution in [-0.4, -0.2) is 56.4 Å². The molecule has 0 saturated heterocycles. The zero-order chi connectivity index (χ0) is 91.1. The van der Waals surface area contributed by atoms with Crippen molar-refractivity contribution in [1.82, 2.24) is 0 Å². The van der Waals surface area contributed by atoms with Crippen LogP contribution in [0.2, 0.25) is 0 Å². The van der Waals surface area contributed by atoms with Crippen LogP contribution >= 0.6 is 0 Å². The van der Waals surface area contributed by atoms with E-state index in [1.54, 1.807) is 0 Å². The lowest BCUT2D eigenvalue weighted by Crippen LogP contribution is -1.86. The van der Waals surface area contributed by atoms with Crippen LogP contribution in [-0.2, 0) is 0 Å². The Kier molecular flexibility index (Phi) is 74.9. The normalized spacial score (nSPS) is 8.67. The zero-order valence-corrected chi connectivity index (χ0v) is 77.6. The number of fused-ring (bicyclic) bond motifs is 4. The molecular weight excluding hydrogens is 1460 g/mol. The van der Waals surface area contributed by atoms with Crippen LogP contribution in [0.25, 0.3) is 132 Å². The van der Waals surface area contributed by atoms with Crippen molar-refractivity contribution in [2.75, 3.05) is 56.4 Å². The second-order valence-electron chi connectivity index (χ2n) is 21.9. The summed E-state index contributed by atoms with van der Waals surface area (Å²) in [5.41, 5.74) is 56.3. The Morgan fingerprint density at radius 1 is 0.117 bits per heavy atom. The lowest BCUT2D eigenvalue weighted by atomic mass is 9.91. The molecule has 0 heterocycles. The zero-order valence-electron chi connectivity index (χ0n) is 77.6. The number of hydrogen-bond acceptors (Lipinski definition) is 8. The van der Waals surface area contributed by atoms with Crippen LogP contribution in [0.15, 0.2) is 388 Å². The molecule has 0 fully saturated rings. The number of rotatable bonds is 8. The average molecular weight is 1610 g/mol. The van der Waals surface area contributed by atoms with E-state index in [0.29, 0.717) is 0 Å². The molecule has 0 saturated carbocycles. The van der Waals surface area contributed by atoms with E-state index in [4.69, 9.17) is 0 Å². The van der Waals surface area contributed by atoms with E-state index in [1.165, 1.54) is 188 Å². The maximum absolute atomic E-state index is 4.50. The molecule has 16 aromatic rings. The Hall–Kier alpha value is -11.8. The predicted molar refractivity (Wildman–Crippen MR) is 551 cm³/mol. The second kappa shape index (κ2) is 78.4. The van der Waals surface area contributed by atoms with Gasteiger partial charge in [-0.1, -0.05) is 475 Å². The lowest BCUT2D eigenvalue weighted by Gasteiger charge is -2.12. The molecule has 0 aliphatic carbocycles. The summed E-state index contributed by atoms with van der Waals surface area (Å²) in [7, 11) is 12.0. The van der Waals surface area contributed by atoms with Gasteiger partial charge in [0.2, 0.25) is 0 Å². The topological polar surface area (TPSA) is 208 Å². The van der Waals surface area contributed by atoms with Crippen LogP contribution in [0, 0.1) is 0 Å². The first-order valence-electron chi connectivity index (χ1n) is 42.8. The van der Waals surface area contributed by atoms with E-state index in [2.05, 4.69) is 434 Å². The fraction of sp³-hybridized carbons (Fsp3) is 0.214. The van der Waals surface area contributed by atoms with Crippen molar-refractivity contribution < 1.29 is 0 Å². The lowest BCUT2D eigenvalue weighted by molar-refractivity contribution is 1.48. The smallest absolute Gasteiger partial charge is 0.00268 e. The van der Waals surface area contributed by atoms with Crippen molar-refractivity contribution in [2.45, 2.75) is 111 Å². The standard InChI is InChI=1S/4C22H16.8C2H6.8CH5N/c1-3-9-17(10-4-1)20-15-7-13-19-14-8-16-21(22(19)20)18-11-5-2-6-12-18;1-3-8-17(9-4-1)19-14-15-22-20(16-19)12-7-13-21(22)18-10-5-2-6-11-18;1-3-8-17(9-4-1)20-15-14-19-12-7-13-21(22(19)16-20)18-10-5-2-6-11-18;1-3-7-17(8-4-1)20-13-11-19-12-14-21(16-22(19)15-20)18-9-5-2-6-10-18;16*1-2/h4*1-16H;8*1-2H3;8*2H2,1H3. The SMILES string of the molecule is CC.CC.CC.CC.CC.CC.CC.CC.CN.CN.CN.CN.CN.CN.CN.CN.c1ccc(-c2ccc3c(-c4ccccc4)cccc3c2)cc1.c1ccc(-c2ccc3ccc(-c4ccccc4)cc3c2)cc1.c1ccc(-c2ccc3cccc(-c4ccccc4)c3c2)cc1.c1ccc(-c2cccc3cccc(-c4ccccc4)c23)cc1. The minimum absolute atomic E-state index is 1.26. The van der Waals surface area contributed by atoms with Gasteiger partial charge in [0.25, 0.3) is 0 Å². The van der Waals surface area contributed by atoms with Gasteiger partial charge in [-0.15, -0.1) is 0 Å². The van der Waals surface area contributed by atoms with E-state index in [0.717, 1.165) is 0 Å². The second-order valence-corrected chi connectivity index (χ2v) is 21.9. The van der Waals surface area contributed by atoms with Crippen molar-refractivity contribution in [3.8, 4) is 89.0 Å². The summed E-state index contributed by atoms with van der Waals surface area (Å²) in [6, 6.07) is 137. The van der Waals surface area contributed by atoms with E-state index >= 15 is 0 Å². The van der Waals surface area contributed by atoms with Gasteiger partial charge in [0.05, 0.1) is 0 Å². The summed E-state index contributed by atoms with van der Waals surface area (Å²) in [6.45, 7) is 32.0. The molecule has 0 aliphatic heterocycles. The van der Waals surface area contributed by atoms with Crippen LogP contribution in [0.1, 0.15) is 111 Å². The van der Waals surface area contributed by atoms with Crippen LogP contribution in [0.5, 0.6) is 0 Å². The molecule has 120 heavy (non-hydrogen) atoms. The third-order valence-electron chi connectivity index (χ3n) is 16.3. The molecule has 16 rings (SSSR count). The summed E-state index contributed by atoms with van der Waals surface area (Å²) in [4.78, 5) is 0. The molecule has 640 valence electrons. The van der Waals surface area contributed by atoms with Gasteiger partial charge in [-0.2, -0.15) is 0 Å². The third kappa shape index (κ3) is 37.9. The summed E-state index contributed by atoms with van der Waals surface area (Å²) in [6.07, 6.45) is 0. The van der Waals surface area contributed by atoms with Gasteiger partial charge in [0.1, 0.15) is 0 Å². The quantitative estimate of drug-likeness (QED) is 0.0732. The third-order valence-corrected chi connectivity index (χ3v) is 16.3. The van der Waals surface area contributed by atoms with Gasteiger partial charge in [0, 0.05) is 0 Å². The van der Waals surface area contributed by atoms with Gasteiger partial charge in [-0.3, -0.25) is 0 Å². The average Bonchev–Trinajstić information content (AvgIpc) is 0.777. The first kappa shape index (κ1) is 115. The Morgan fingerprint density at radius 2 is 0.317 bits per heavy atom. The minimum atomic E-state index is 1.26. The molecule has 8 heteroatoms. The maximum Gasteiger partial charge on any atom is -0.00268 e. The van der Waals surface area contributed by atoms with Crippen LogP contribution < -0.4 is 45.9 Å². The van der Waals surface area contributed by atoms with Crippen molar-refractivity contribution in [2.24, 2.45) is 45.9 Å². The van der Waals surface area contributed by atoms with E-state index < -0.39 is 0 Å². The highest BCUT2D eigenvalue weighted by Crippen LogP contribution is 2.38. The Bertz CT molecular complexity index is 4710. The Labute approximate surface area is 728 Å². The molecule has 0 atom stereocenters. The number of benzene rings is 16. The molecule has 16 aromatic carbocycles. The molecule has 0 amide bonds. The van der Waals surface area contributed by atoms with Crippen molar-refractivity contribution in [3.63, 3.8) is 0 Å². The van der Waals surface area contributed by atoms with Gasteiger partial charge in [0.15, 0.2) is 0 Å². The Balaban J connectivity index is -0.000000670. The van der Waals surface area contributed by atoms with Crippen molar-refractivity contribution in [3.05, 3.63) is 388 Å². The number of nitrogens with two attached hydrogens (primary N) is 8. The highest BCUT2D eigenvalue weighted by Gasteiger charge is 2.11. The summed E-state index contributed by atoms with van der Waals surface area (Å²) in [5, 5.41) is 10.3. The van der Waals surface area contributed by atoms with Crippen LogP contribution in [0.3, 0.4) is 0 Å². The molecular formula is C112H152N8. The first-order valence-corrected chi connectivity index (χ1v) is 42.8. The fourth-order valence-corrected chi connectivity index (χ4v) is 11.8. The maximum atomic E-state index is 4.50. The largest absolute Gasteiger partial charge is 0.333 e. The van der Waals surface area contributed by atoms with E-state index in [1.807, 2.05) is 111 Å². The molecule has 8 nitrogen and oxygen atoms in total. The fourth-order valence-electron chi connectivity index (χ4n) is 11.8. The molecule has 16 N–H and O–H groups in total. The molecule has 0 radical (unpaired) electrons. The van der Waals surface area contributed by atoms with Gasteiger partial charge < -0.3 is 45.9 Å². The van der Waals surface area contributed by atoms with Gasteiger partial charge >= 0.3 is 0 Å². The minimum Gasteiger partial charge on any atom is -0.333 e. The monoisotopic (exact) mass is 1610 g/mol. The first-order chi connectivity index (χ1) is 59.7. The van der Waals surface area contributed by atoms with E-state index in [9.17, 15) is 0 Å². The molecule has 0 spiro atoms. The molecule has 0 unspecified atom stereocenters. The van der Waals surface area contributed by atoms with Gasteiger partial charge in [-0.25, -0.2) is 0 Å².